The van der Waals surface area contributed by atoms with E-state index in [2.05, 4.69) is 20.5 Å². The van der Waals surface area contributed by atoms with Gasteiger partial charge in [0.2, 0.25) is 5.88 Å². The lowest BCUT2D eigenvalue weighted by atomic mass is 10.1. The van der Waals surface area contributed by atoms with Crippen molar-refractivity contribution in [2.24, 2.45) is 5.10 Å². The van der Waals surface area contributed by atoms with Crippen LogP contribution in [0.2, 0.25) is 0 Å². The first-order valence-corrected chi connectivity index (χ1v) is 9.45. The first-order chi connectivity index (χ1) is 15.4. The van der Waals surface area contributed by atoms with Crippen molar-refractivity contribution in [1.29, 1.82) is 0 Å². The molecule has 0 aliphatic carbocycles. The number of ether oxygens (including phenoxy) is 2. The van der Waals surface area contributed by atoms with E-state index in [-0.39, 0.29) is 12.1 Å². The Morgan fingerprint density at radius 1 is 1.19 bits per heavy atom. The van der Waals surface area contributed by atoms with E-state index < -0.39 is 23.0 Å². The fourth-order valence-corrected chi connectivity index (χ4v) is 2.90. The third kappa shape index (κ3) is 5.01. The van der Waals surface area contributed by atoms with Crippen molar-refractivity contribution in [2.45, 2.75) is 13.0 Å². The van der Waals surface area contributed by atoms with Gasteiger partial charge in [0.15, 0.2) is 11.5 Å². The smallest absolute Gasteiger partial charge is 0.331 e. The molecule has 0 spiro atoms. The number of benzene rings is 1. The molecule has 0 aliphatic heterocycles. The quantitative estimate of drug-likeness (QED) is 0.345. The van der Waals surface area contributed by atoms with Crippen LogP contribution in [0.3, 0.4) is 0 Å². The molecule has 0 radical (unpaired) electrons. The number of aromatic nitrogens is 3. The Morgan fingerprint density at radius 3 is 2.59 bits per heavy atom. The van der Waals surface area contributed by atoms with E-state index in [1.165, 1.54) is 38.7 Å². The van der Waals surface area contributed by atoms with Gasteiger partial charge >= 0.3 is 5.69 Å². The molecule has 11 heteroatoms. The summed E-state index contributed by atoms with van der Waals surface area (Å²) in [4.78, 5) is 42.3. The van der Waals surface area contributed by atoms with Gasteiger partial charge in [0.25, 0.3) is 11.5 Å². The summed E-state index contributed by atoms with van der Waals surface area (Å²) >= 11 is 0. The van der Waals surface area contributed by atoms with Gasteiger partial charge in [-0.05, 0) is 36.2 Å². The first-order valence-electron chi connectivity index (χ1n) is 9.45. The number of carbonyl (C=O) groups is 1. The zero-order chi connectivity index (χ0) is 23.1. The van der Waals surface area contributed by atoms with Crippen LogP contribution in [0.5, 0.6) is 17.4 Å². The van der Waals surface area contributed by atoms with Gasteiger partial charge in [-0.25, -0.2) is 10.2 Å². The Balaban J connectivity index is 1.78. The highest BCUT2D eigenvalue weighted by Gasteiger charge is 2.14. The van der Waals surface area contributed by atoms with Crippen molar-refractivity contribution in [3.63, 3.8) is 0 Å². The van der Waals surface area contributed by atoms with Crippen LogP contribution in [-0.4, -0.2) is 46.0 Å². The van der Waals surface area contributed by atoms with E-state index in [1.54, 1.807) is 18.2 Å². The molecule has 2 heterocycles. The fraction of sp³-hybridized carbons (Fsp3) is 0.190. The van der Waals surface area contributed by atoms with Crippen molar-refractivity contribution in [3.8, 4) is 17.4 Å². The number of aromatic amines is 1. The second kappa shape index (κ2) is 10.1. The van der Waals surface area contributed by atoms with E-state index in [1.807, 2.05) is 0 Å². The summed E-state index contributed by atoms with van der Waals surface area (Å²) in [6.45, 7) is 0.0706. The summed E-state index contributed by atoms with van der Waals surface area (Å²) in [5.41, 5.74) is 1.50. The number of aryl methyl sites for hydroxylation is 1. The zero-order valence-corrected chi connectivity index (χ0v) is 17.4. The Morgan fingerprint density at radius 2 is 1.91 bits per heavy atom. The molecule has 3 rings (SSSR count). The molecule has 3 N–H and O–H groups in total. The lowest BCUT2D eigenvalue weighted by molar-refractivity contribution is 0.0955. The predicted octanol–water partition coefficient (Wildman–Crippen LogP) is 0.661. The van der Waals surface area contributed by atoms with E-state index in [0.717, 1.165) is 16.3 Å². The molecular formula is C21H21N5O6. The maximum Gasteiger partial charge on any atom is 0.331 e. The molecule has 0 atom stereocenters. The number of aromatic hydroxyl groups is 1. The number of H-pyrrole nitrogens is 1. The molecule has 3 aromatic rings. The molecule has 0 saturated carbocycles. The average Bonchev–Trinajstić information content (AvgIpc) is 2.81. The van der Waals surface area contributed by atoms with Crippen molar-refractivity contribution < 1.29 is 19.4 Å². The molecule has 11 nitrogen and oxygen atoms in total. The molecule has 0 aliphatic rings. The van der Waals surface area contributed by atoms with Gasteiger partial charge in [-0.15, -0.1) is 0 Å². The van der Waals surface area contributed by atoms with Gasteiger partial charge in [0.05, 0.1) is 20.4 Å². The molecule has 1 amide bonds. The largest absolute Gasteiger partial charge is 0.494 e. The van der Waals surface area contributed by atoms with Crippen LogP contribution in [0.1, 0.15) is 21.5 Å². The van der Waals surface area contributed by atoms with Gasteiger partial charge < -0.3 is 14.6 Å². The molecule has 1 aromatic carbocycles. The normalized spacial score (nSPS) is 10.8. The number of hydrogen-bond donors (Lipinski definition) is 3. The number of carbonyl (C=O) groups excluding carboxylic acids is 1. The molecular weight excluding hydrogens is 418 g/mol. The standard InChI is InChI=1S/C21H21N5O6/c1-31-16-4-3-13(11-17(16)32-2)7-10-26-20(29)15(19(28)24-21(26)30)12-23-25-18(27)14-5-8-22-9-6-14/h3-6,8-9,11-12,29H,7,10H2,1-2H3,(H,25,27)(H,24,28,30). The van der Waals surface area contributed by atoms with Gasteiger partial charge in [-0.1, -0.05) is 6.07 Å². The number of pyridine rings is 1. The highest BCUT2D eigenvalue weighted by atomic mass is 16.5. The molecule has 2 aromatic heterocycles. The Hall–Kier alpha value is -4.41. The summed E-state index contributed by atoms with van der Waals surface area (Å²) in [7, 11) is 3.04. The number of nitrogens with one attached hydrogen (secondary N) is 2. The number of amides is 1. The molecule has 166 valence electrons. The SMILES string of the molecule is COc1ccc(CCn2c(O)c(C=NNC(=O)c3ccncc3)c(=O)[nH]c2=O)cc1OC. The minimum absolute atomic E-state index is 0.0706. The predicted molar refractivity (Wildman–Crippen MR) is 116 cm³/mol. The summed E-state index contributed by atoms with van der Waals surface area (Å²) in [6, 6.07) is 8.26. The van der Waals surface area contributed by atoms with Crippen molar-refractivity contribution in [3.05, 3.63) is 80.3 Å². The Kier molecular flexibility index (Phi) is 7.01. The van der Waals surface area contributed by atoms with Gasteiger partial charge in [-0.3, -0.25) is 24.1 Å². The van der Waals surface area contributed by atoms with Crippen LogP contribution in [0.15, 0.2) is 57.4 Å². The zero-order valence-electron chi connectivity index (χ0n) is 17.4. The lowest BCUT2D eigenvalue weighted by Gasteiger charge is -2.12. The maximum atomic E-state index is 12.2. The van der Waals surface area contributed by atoms with Crippen LogP contribution in [-0.2, 0) is 13.0 Å². The molecule has 0 saturated heterocycles. The number of rotatable bonds is 8. The molecule has 0 bridgehead atoms. The summed E-state index contributed by atoms with van der Waals surface area (Å²) in [5, 5.41) is 14.2. The van der Waals surface area contributed by atoms with Crippen LogP contribution in [0.25, 0.3) is 0 Å². The fourth-order valence-electron chi connectivity index (χ4n) is 2.90. The number of nitrogens with zero attached hydrogens (tertiary/aromatic N) is 3. The minimum Gasteiger partial charge on any atom is -0.494 e. The number of hydrogen-bond acceptors (Lipinski definition) is 8. The van der Waals surface area contributed by atoms with E-state index in [4.69, 9.17) is 9.47 Å². The third-order valence-corrected chi connectivity index (χ3v) is 4.58. The van der Waals surface area contributed by atoms with Crippen LogP contribution in [0, 0.1) is 0 Å². The highest BCUT2D eigenvalue weighted by molar-refractivity contribution is 5.94. The van der Waals surface area contributed by atoms with Crippen LogP contribution < -0.4 is 26.1 Å². The number of hydrazone groups is 1. The van der Waals surface area contributed by atoms with Crippen molar-refractivity contribution in [2.75, 3.05) is 14.2 Å². The van der Waals surface area contributed by atoms with Gasteiger partial charge in [0.1, 0.15) is 5.56 Å². The van der Waals surface area contributed by atoms with E-state index in [9.17, 15) is 19.5 Å². The Labute approximate surface area is 182 Å². The van der Waals surface area contributed by atoms with Crippen LogP contribution in [0.4, 0.5) is 0 Å². The van der Waals surface area contributed by atoms with Crippen LogP contribution >= 0.6 is 0 Å². The second-order valence-electron chi connectivity index (χ2n) is 6.52. The lowest BCUT2D eigenvalue weighted by Crippen LogP contribution is -2.33. The van der Waals surface area contributed by atoms with Gasteiger partial charge in [0, 0.05) is 24.5 Å². The summed E-state index contributed by atoms with van der Waals surface area (Å²) in [5.74, 6) is -0.00380. The summed E-state index contributed by atoms with van der Waals surface area (Å²) in [6.07, 6.45) is 4.22. The topological polar surface area (TPSA) is 148 Å². The van der Waals surface area contributed by atoms with Crippen molar-refractivity contribution >= 4 is 12.1 Å². The van der Waals surface area contributed by atoms with E-state index >= 15 is 0 Å². The number of methoxy groups -OCH3 is 2. The maximum absolute atomic E-state index is 12.2. The van der Waals surface area contributed by atoms with Gasteiger partial charge in [-0.2, -0.15) is 5.10 Å². The average molecular weight is 439 g/mol. The molecule has 0 fully saturated rings. The molecule has 0 unspecified atom stereocenters. The summed E-state index contributed by atoms with van der Waals surface area (Å²) < 4.78 is 11.5. The Bertz CT molecular complexity index is 1250. The highest BCUT2D eigenvalue weighted by Crippen LogP contribution is 2.27. The first kappa shape index (κ1) is 22.3. The van der Waals surface area contributed by atoms with Crippen molar-refractivity contribution in [1.82, 2.24) is 20.0 Å². The van der Waals surface area contributed by atoms with E-state index in [0.29, 0.717) is 23.5 Å². The molecule has 32 heavy (non-hydrogen) atoms. The minimum atomic E-state index is -0.836. The third-order valence-electron chi connectivity index (χ3n) is 4.58. The monoisotopic (exact) mass is 439 g/mol. The second-order valence-corrected chi connectivity index (χ2v) is 6.52.